The summed E-state index contributed by atoms with van der Waals surface area (Å²) in [4.78, 5) is 16.9. The molecule has 0 saturated heterocycles. The van der Waals surface area contributed by atoms with E-state index in [1.54, 1.807) is 0 Å². The van der Waals surface area contributed by atoms with Gasteiger partial charge in [0.05, 0.1) is 5.92 Å². The molecule has 0 fully saturated rings. The summed E-state index contributed by atoms with van der Waals surface area (Å²) in [6.45, 7) is 1.59. The average molecular weight is 323 g/mol. The van der Waals surface area contributed by atoms with Gasteiger partial charge in [-0.05, 0) is 49.1 Å². The highest BCUT2D eigenvalue weighted by molar-refractivity contribution is 5.78. The van der Waals surface area contributed by atoms with Crippen molar-refractivity contribution in [2.45, 2.75) is 45.1 Å². The van der Waals surface area contributed by atoms with Crippen LogP contribution in [0.4, 0.5) is 0 Å². The highest BCUT2D eigenvalue weighted by Gasteiger charge is 2.25. The minimum absolute atomic E-state index is 0.0923. The molecular weight excluding hydrogens is 298 g/mol. The Morgan fingerprint density at radius 3 is 2.62 bits per heavy atom. The number of carbonyl (C=O) groups excluding carboxylic acids is 1. The zero-order valence-corrected chi connectivity index (χ0v) is 14.1. The molecule has 1 aliphatic heterocycles. The van der Waals surface area contributed by atoms with Gasteiger partial charge in [0.15, 0.2) is 0 Å². The van der Waals surface area contributed by atoms with Crippen molar-refractivity contribution in [3.8, 4) is 0 Å². The lowest BCUT2D eigenvalue weighted by Crippen LogP contribution is -2.38. The number of aromatic nitrogens is 2. The fraction of sp³-hybridized carbons (Fsp3) is 0.500. The molecule has 0 saturated carbocycles. The summed E-state index contributed by atoms with van der Waals surface area (Å²) >= 11 is 0. The fourth-order valence-corrected chi connectivity index (χ4v) is 4.08. The van der Waals surface area contributed by atoms with Crippen molar-refractivity contribution in [1.82, 2.24) is 14.9 Å². The van der Waals surface area contributed by atoms with Gasteiger partial charge in [0.2, 0.25) is 5.91 Å². The number of nitrogens with zero attached hydrogens (tertiary/aromatic N) is 2. The molecule has 24 heavy (non-hydrogen) atoms. The monoisotopic (exact) mass is 323 g/mol. The van der Waals surface area contributed by atoms with Gasteiger partial charge in [0.1, 0.15) is 5.82 Å². The molecule has 2 aliphatic rings. The van der Waals surface area contributed by atoms with E-state index in [2.05, 4.69) is 39.1 Å². The van der Waals surface area contributed by atoms with Crippen LogP contribution in [0.1, 0.15) is 36.2 Å². The Morgan fingerprint density at radius 1 is 1.12 bits per heavy atom. The summed E-state index contributed by atoms with van der Waals surface area (Å²) in [5.74, 6) is 2.01. The Morgan fingerprint density at radius 2 is 1.88 bits per heavy atom. The molecule has 0 bridgehead atoms. The molecule has 4 rings (SSSR count). The summed E-state index contributed by atoms with van der Waals surface area (Å²) in [5.41, 5.74) is 2.98. The van der Waals surface area contributed by atoms with Gasteiger partial charge < -0.3 is 9.88 Å². The van der Waals surface area contributed by atoms with E-state index in [4.69, 9.17) is 0 Å². The number of rotatable bonds is 3. The average Bonchev–Trinajstić information content (AvgIpc) is 2.99. The Bertz CT molecular complexity index is 694. The smallest absolute Gasteiger partial charge is 0.224 e. The summed E-state index contributed by atoms with van der Waals surface area (Å²) < 4.78 is 2.12. The van der Waals surface area contributed by atoms with Crippen LogP contribution in [0.3, 0.4) is 0 Å². The first-order valence-electron chi connectivity index (χ1n) is 9.14. The summed E-state index contributed by atoms with van der Waals surface area (Å²) in [6, 6.07) is 8.77. The summed E-state index contributed by atoms with van der Waals surface area (Å²) in [7, 11) is 0. The molecule has 0 spiro atoms. The quantitative estimate of drug-likeness (QED) is 0.883. The van der Waals surface area contributed by atoms with Gasteiger partial charge in [-0.1, -0.05) is 24.3 Å². The molecule has 0 radical (unpaired) electrons. The molecule has 2 aromatic rings. The molecule has 1 atom stereocenters. The van der Waals surface area contributed by atoms with Crippen molar-refractivity contribution < 1.29 is 4.79 Å². The van der Waals surface area contributed by atoms with Crippen molar-refractivity contribution in [3.05, 3.63) is 53.6 Å². The Hall–Kier alpha value is -2.10. The first-order valence-corrected chi connectivity index (χ1v) is 9.14. The van der Waals surface area contributed by atoms with Crippen LogP contribution in [0.15, 0.2) is 36.7 Å². The van der Waals surface area contributed by atoms with E-state index < -0.39 is 0 Å². The van der Waals surface area contributed by atoms with Gasteiger partial charge >= 0.3 is 0 Å². The van der Waals surface area contributed by atoms with Gasteiger partial charge in [-0.2, -0.15) is 0 Å². The minimum atomic E-state index is 0.0923. The van der Waals surface area contributed by atoms with Crippen molar-refractivity contribution in [3.63, 3.8) is 0 Å². The van der Waals surface area contributed by atoms with Crippen LogP contribution in [0.25, 0.3) is 0 Å². The second-order valence-corrected chi connectivity index (χ2v) is 7.19. The maximum absolute atomic E-state index is 12.5. The molecule has 4 heteroatoms. The number of hydrogen-bond donors (Lipinski definition) is 1. The third-order valence-corrected chi connectivity index (χ3v) is 5.63. The van der Waals surface area contributed by atoms with E-state index in [-0.39, 0.29) is 11.8 Å². The summed E-state index contributed by atoms with van der Waals surface area (Å²) in [6.07, 6.45) is 10.3. The third-order valence-electron chi connectivity index (χ3n) is 5.63. The molecule has 2 heterocycles. The lowest BCUT2D eigenvalue weighted by atomic mass is 9.96. The van der Waals surface area contributed by atoms with Gasteiger partial charge in [-0.15, -0.1) is 0 Å². The van der Waals surface area contributed by atoms with Crippen LogP contribution in [0.5, 0.6) is 0 Å². The van der Waals surface area contributed by atoms with Crippen molar-refractivity contribution in [2.24, 2.45) is 11.8 Å². The highest BCUT2D eigenvalue weighted by atomic mass is 16.1. The fourth-order valence-electron chi connectivity index (χ4n) is 4.08. The zero-order chi connectivity index (χ0) is 16.4. The number of aryl methyl sites for hydroxylation is 3. The van der Waals surface area contributed by atoms with E-state index in [1.807, 2.05) is 12.4 Å². The van der Waals surface area contributed by atoms with Crippen LogP contribution in [0, 0.1) is 11.8 Å². The number of nitrogens with one attached hydrogen (secondary N) is 1. The predicted octanol–water partition coefficient (Wildman–Crippen LogP) is 2.76. The molecular formula is C20H25N3O. The number of fused-ring (bicyclic) bond motifs is 2. The number of hydrogen-bond acceptors (Lipinski definition) is 2. The van der Waals surface area contributed by atoms with Crippen molar-refractivity contribution in [1.29, 1.82) is 0 Å². The van der Waals surface area contributed by atoms with Crippen LogP contribution in [0.2, 0.25) is 0 Å². The molecule has 1 amide bonds. The van der Waals surface area contributed by atoms with E-state index >= 15 is 0 Å². The van der Waals surface area contributed by atoms with E-state index in [9.17, 15) is 4.79 Å². The van der Waals surface area contributed by atoms with Gasteiger partial charge in [-0.3, -0.25) is 4.79 Å². The van der Waals surface area contributed by atoms with Gasteiger partial charge in [0, 0.05) is 31.9 Å². The normalized spacial score (nSPS) is 20.8. The second kappa shape index (κ2) is 6.80. The Labute approximate surface area is 143 Å². The zero-order valence-electron chi connectivity index (χ0n) is 14.1. The maximum Gasteiger partial charge on any atom is 0.224 e. The molecule has 1 aliphatic carbocycles. The standard InChI is InChI=1S/C20H25N3O/c24-20(18-9-10-19-21-11-12-23(19)14-18)22-13-15-5-7-16-3-1-2-4-17(16)8-6-15/h1-4,11-12,15,18H,5-10,13-14H2,(H,22,24). The highest BCUT2D eigenvalue weighted by Crippen LogP contribution is 2.24. The number of imidazole rings is 1. The first kappa shape index (κ1) is 15.4. The summed E-state index contributed by atoms with van der Waals surface area (Å²) in [5, 5.41) is 3.23. The van der Waals surface area contributed by atoms with Crippen LogP contribution >= 0.6 is 0 Å². The SMILES string of the molecule is O=C(NCC1CCc2ccccc2CC1)C1CCc2nccn2C1. The Kier molecular flexibility index (Phi) is 4.37. The number of amides is 1. The topological polar surface area (TPSA) is 46.9 Å². The first-order chi connectivity index (χ1) is 11.8. The third kappa shape index (κ3) is 3.23. The van der Waals surface area contributed by atoms with Gasteiger partial charge in [-0.25, -0.2) is 4.98 Å². The van der Waals surface area contributed by atoms with E-state index in [1.165, 1.54) is 24.0 Å². The molecule has 1 unspecified atom stereocenters. The van der Waals surface area contributed by atoms with E-state index in [0.717, 1.165) is 44.6 Å². The van der Waals surface area contributed by atoms with Crippen LogP contribution in [-0.2, 0) is 30.6 Å². The van der Waals surface area contributed by atoms with Crippen LogP contribution < -0.4 is 5.32 Å². The second-order valence-electron chi connectivity index (χ2n) is 7.19. The van der Waals surface area contributed by atoms with Gasteiger partial charge in [0.25, 0.3) is 0 Å². The van der Waals surface area contributed by atoms with E-state index in [0.29, 0.717) is 5.92 Å². The number of carbonyl (C=O) groups is 1. The maximum atomic E-state index is 12.5. The lowest BCUT2D eigenvalue weighted by Gasteiger charge is -2.24. The van der Waals surface area contributed by atoms with Crippen molar-refractivity contribution >= 4 is 5.91 Å². The molecule has 1 aromatic heterocycles. The molecule has 4 nitrogen and oxygen atoms in total. The molecule has 1 aromatic carbocycles. The lowest BCUT2D eigenvalue weighted by molar-refractivity contribution is -0.126. The number of benzene rings is 1. The Balaban J connectivity index is 1.29. The molecule has 1 N–H and O–H groups in total. The van der Waals surface area contributed by atoms with Crippen LogP contribution in [-0.4, -0.2) is 22.0 Å². The minimum Gasteiger partial charge on any atom is -0.356 e. The molecule has 126 valence electrons. The van der Waals surface area contributed by atoms with Crippen molar-refractivity contribution in [2.75, 3.05) is 6.54 Å². The predicted molar refractivity (Wildman–Crippen MR) is 93.6 cm³/mol. The largest absolute Gasteiger partial charge is 0.356 e.